The molecule has 0 radical (unpaired) electrons. The minimum atomic E-state index is -3.60. The van der Waals surface area contributed by atoms with Gasteiger partial charge in [0.25, 0.3) is 0 Å². The SMILES string of the molecule is O=S(=O)(NC[C@@H](OCCO)c1cccs1)c1ccc(Cl)s1. The molecule has 0 aliphatic rings. The maximum Gasteiger partial charge on any atom is 0.250 e. The molecular formula is C12H14ClNO4S3. The number of nitrogens with one attached hydrogen (secondary N) is 1. The lowest BCUT2D eigenvalue weighted by molar-refractivity contribution is 0.0328. The van der Waals surface area contributed by atoms with Gasteiger partial charge in [0.05, 0.1) is 17.6 Å². The maximum atomic E-state index is 12.1. The molecule has 0 saturated carbocycles. The Morgan fingerprint density at radius 1 is 1.38 bits per heavy atom. The van der Waals surface area contributed by atoms with E-state index in [4.69, 9.17) is 21.4 Å². The van der Waals surface area contributed by atoms with Crippen LogP contribution in [0.5, 0.6) is 0 Å². The van der Waals surface area contributed by atoms with Crippen LogP contribution in [0.2, 0.25) is 4.34 Å². The number of sulfonamides is 1. The minimum absolute atomic E-state index is 0.0956. The third kappa shape index (κ3) is 4.75. The van der Waals surface area contributed by atoms with Crippen LogP contribution < -0.4 is 4.72 Å². The second kappa shape index (κ2) is 7.68. The summed E-state index contributed by atoms with van der Waals surface area (Å²) in [5.74, 6) is 0. The summed E-state index contributed by atoms with van der Waals surface area (Å²) < 4.78 is 32.8. The highest BCUT2D eigenvalue weighted by Gasteiger charge is 2.20. The van der Waals surface area contributed by atoms with Gasteiger partial charge < -0.3 is 9.84 Å². The van der Waals surface area contributed by atoms with Crippen molar-refractivity contribution >= 4 is 44.3 Å². The first-order valence-electron chi connectivity index (χ1n) is 6.04. The Bertz CT molecular complexity index is 654. The molecule has 0 aliphatic heterocycles. The van der Waals surface area contributed by atoms with Crippen molar-refractivity contribution in [2.75, 3.05) is 19.8 Å². The third-order valence-electron chi connectivity index (χ3n) is 2.54. The summed E-state index contributed by atoms with van der Waals surface area (Å²) in [6, 6.07) is 6.73. The van der Waals surface area contributed by atoms with Crippen molar-refractivity contribution in [2.24, 2.45) is 0 Å². The topological polar surface area (TPSA) is 75.6 Å². The van der Waals surface area contributed by atoms with Crippen molar-refractivity contribution in [3.8, 4) is 0 Å². The van der Waals surface area contributed by atoms with Gasteiger partial charge in [-0.15, -0.1) is 22.7 Å². The van der Waals surface area contributed by atoms with Crippen molar-refractivity contribution in [1.29, 1.82) is 0 Å². The molecule has 2 rings (SSSR count). The predicted molar refractivity (Wildman–Crippen MR) is 84.6 cm³/mol. The zero-order chi connectivity index (χ0) is 15.3. The molecule has 2 N–H and O–H groups in total. The van der Waals surface area contributed by atoms with Gasteiger partial charge in [-0.05, 0) is 23.6 Å². The molecule has 0 spiro atoms. The number of rotatable bonds is 8. The molecule has 0 amide bonds. The van der Waals surface area contributed by atoms with E-state index in [0.717, 1.165) is 16.2 Å². The van der Waals surface area contributed by atoms with E-state index in [0.29, 0.717) is 4.34 Å². The molecule has 21 heavy (non-hydrogen) atoms. The summed E-state index contributed by atoms with van der Waals surface area (Å²) in [6.07, 6.45) is -0.428. The number of halogens is 1. The Hall–Kier alpha value is -0.480. The highest BCUT2D eigenvalue weighted by Crippen LogP contribution is 2.26. The van der Waals surface area contributed by atoms with Gasteiger partial charge in [-0.25, -0.2) is 13.1 Å². The lowest BCUT2D eigenvalue weighted by Crippen LogP contribution is -2.29. The van der Waals surface area contributed by atoms with Crippen LogP contribution in [0.25, 0.3) is 0 Å². The molecule has 116 valence electrons. The van der Waals surface area contributed by atoms with E-state index < -0.39 is 16.1 Å². The van der Waals surface area contributed by atoms with E-state index in [1.54, 1.807) is 6.07 Å². The van der Waals surface area contributed by atoms with Crippen LogP contribution in [0.3, 0.4) is 0 Å². The highest BCUT2D eigenvalue weighted by atomic mass is 35.5. The monoisotopic (exact) mass is 367 g/mol. The number of hydrogen-bond donors (Lipinski definition) is 2. The van der Waals surface area contributed by atoms with Gasteiger partial charge in [0.2, 0.25) is 10.0 Å². The number of aliphatic hydroxyl groups is 1. The maximum absolute atomic E-state index is 12.1. The van der Waals surface area contributed by atoms with Gasteiger partial charge in [0.15, 0.2) is 0 Å². The molecule has 5 nitrogen and oxygen atoms in total. The lowest BCUT2D eigenvalue weighted by atomic mass is 10.3. The zero-order valence-electron chi connectivity index (χ0n) is 10.9. The zero-order valence-corrected chi connectivity index (χ0v) is 14.1. The normalized spacial score (nSPS) is 13.4. The van der Waals surface area contributed by atoms with Gasteiger partial charge in [-0.2, -0.15) is 0 Å². The molecule has 0 aromatic carbocycles. The Balaban J connectivity index is 2.04. The Labute approximate surface area is 136 Å². The van der Waals surface area contributed by atoms with E-state index in [9.17, 15) is 8.42 Å². The van der Waals surface area contributed by atoms with Crippen molar-refractivity contribution in [3.63, 3.8) is 0 Å². The minimum Gasteiger partial charge on any atom is -0.394 e. The second-order valence-electron chi connectivity index (χ2n) is 4.01. The van der Waals surface area contributed by atoms with Gasteiger partial charge >= 0.3 is 0 Å². The van der Waals surface area contributed by atoms with Crippen LogP contribution in [0, 0.1) is 0 Å². The first-order chi connectivity index (χ1) is 10.0. The average molecular weight is 368 g/mol. The first kappa shape index (κ1) is 16.9. The van der Waals surface area contributed by atoms with Crippen LogP contribution in [-0.2, 0) is 14.8 Å². The van der Waals surface area contributed by atoms with Crippen molar-refractivity contribution in [1.82, 2.24) is 4.72 Å². The summed E-state index contributed by atoms with van der Waals surface area (Å²) in [4.78, 5) is 0.898. The highest BCUT2D eigenvalue weighted by molar-refractivity contribution is 7.91. The fourth-order valence-corrected chi connectivity index (χ4v) is 4.94. The smallest absolute Gasteiger partial charge is 0.250 e. The van der Waals surface area contributed by atoms with E-state index in [1.807, 2.05) is 17.5 Å². The average Bonchev–Trinajstić information content (AvgIpc) is 3.10. The molecule has 0 aliphatic carbocycles. The molecule has 9 heteroatoms. The van der Waals surface area contributed by atoms with Crippen LogP contribution >= 0.6 is 34.3 Å². The van der Waals surface area contributed by atoms with Crippen LogP contribution in [0.1, 0.15) is 11.0 Å². The fourth-order valence-electron chi connectivity index (χ4n) is 1.61. The van der Waals surface area contributed by atoms with Gasteiger partial charge in [0.1, 0.15) is 10.3 Å². The molecule has 0 unspecified atom stereocenters. The van der Waals surface area contributed by atoms with E-state index in [2.05, 4.69) is 4.72 Å². The molecular weight excluding hydrogens is 354 g/mol. The first-order valence-corrected chi connectivity index (χ1v) is 9.59. The molecule has 2 aromatic heterocycles. The summed E-state index contributed by atoms with van der Waals surface area (Å²) in [7, 11) is -3.60. The summed E-state index contributed by atoms with van der Waals surface area (Å²) in [5, 5.41) is 10.7. The van der Waals surface area contributed by atoms with E-state index >= 15 is 0 Å². The molecule has 1 atom stereocenters. The van der Waals surface area contributed by atoms with Gasteiger partial charge in [-0.3, -0.25) is 0 Å². The van der Waals surface area contributed by atoms with Gasteiger partial charge in [-0.1, -0.05) is 17.7 Å². The van der Waals surface area contributed by atoms with Crippen molar-refractivity contribution in [3.05, 3.63) is 38.9 Å². The Kier molecular flexibility index (Phi) is 6.18. The summed E-state index contributed by atoms with van der Waals surface area (Å²) >= 11 is 8.22. The van der Waals surface area contributed by atoms with Crippen LogP contribution in [-0.4, -0.2) is 33.3 Å². The molecule has 0 fully saturated rings. The standard InChI is InChI=1S/C12H14ClNO4S3/c13-11-3-4-12(20-11)21(16,17)14-8-9(18-6-5-15)10-2-1-7-19-10/h1-4,7,9,14-15H,5-6,8H2/t9-/m1/s1. The number of hydrogen-bond acceptors (Lipinski definition) is 6. The summed E-state index contributed by atoms with van der Waals surface area (Å²) in [6.45, 7) is 0.128. The molecule has 0 bridgehead atoms. The van der Waals surface area contributed by atoms with E-state index in [1.165, 1.54) is 17.4 Å². The summed E-state index contributed by atoms with van der Waals surface area (Å²) in [5.41, 5.74) is 0. The molecule has 2 heterocycles. The van der Waals surface area contributed by atoms with Crippen LogP contribution in [0.15, 0.2) is 33.9 Å². The lowest BCUT2D eigenvalue weighted by Gasteiger charge is -2.16. The number of thiophene rings is 2. The number of aliphatic hydroxyl groups excluding tert-OH is 1. The quantitative estimate of drug-likeness (QED) is 0.751. The predicted octanol–water partition coefficient (Wildman–Crippen LogP) is 2.49. The van der Waals surface area contributed by atoms with Crippen LogP contribution in [0.4, 0.5) is 0 Å². The third-order valence-corrected chi connectivity index (χ3v) is 6.65. The number of ether oxygens (including phenoxy) is 1. The van der Waals surface area contributed by atoms with Crippen molar-refractivity contribution in [2.45, 2.75) is 10.3 Å². The fraction of sp³-hybridized carbons (Fsp3) is 0.333. The van der Waals surface area contributed by atoms with Gasteiger partial charge in [0, 0.05) is 11.4 Å². The largest absolute Gasteiger partial charge is 0.394 e. The Morgan fingerprint density at radius 2 is 2.19 bits per heavy atom. The van der Waals surface area contributed by atoms with Crippen molar-refractivity contribution < 1.29 is 18.3 Å². The van der Waals surface area contributed by atoms with E-state index in [-0.39, 0.29) is 24.0 Å². The second-order valence-corrected chi connectivity index (χ2v) is 8.70. The molecule has 2 aromatic rings. The molecule has 0 saturated heterocycles. The Morgan fingerprint density at radius 3 is 2.76 bits per heavy atom.